The first kappa shape index (κ1) is 17.5. The molecule has 0 aromatic rings. The second kappa shape index (κ2) is 8.67. The molecule has 1 heterocycles. The Labute approximate surface area is 126 Å². The molecule has 1 heteroatoms. The SMILES string of the molecule is C=C1C[C@H](CCCC)OC1CC[C@@H](C)C[C@@H](C)C(=C)C. The van der Waals surface area contributed by atoms with E-state index in [2.05, 4.69) is 40.9 Å². The first-order valence-electron chi connectivity index (χ1n) is 8.42. The fourth-order valence-electron chi connectivity index (χ4n) is 3.03. The molecule has 0 spiro atoms. The van der Waals surface area contributed by atoms with Gasteiger partial charge in [-0.1, -0.05) is 52.3 Å². The summed E-state index contributed by atoms with van der Waals surface area (Å²) in [5.41, 5.74) is 2.63. The molecule has 0 aliphatic carbocycles. The van der Waals surface area contributed by atoms with Crippen LogP contribution in [0.15, 0.2) is 24.3 Å². The summed E-state index contributed by atoms with van der Waals surface area (Å²) in [6.45, 7) is 17.3. The zero-order chi connectivity index (χ0) is 15.1. The van der Waals surface area contributed by atoms with Crippen LogP contribution in [0, 0.1) is 11.8 Å². The van der Waals surface area contributed by atoms with Crippen LogP contribution in [0.2, 0.25) is 0 Å². The monoisotopic (exact) mass is 278 g/mol. The van der Waals surface area contributed by atoms with Gasteiger partial charge in [0.15, 0.2) is 0 Å². The van der Waals surface area contributed by atoms with E-state index in [1.807, 2.05) is 0 Å². The first-order chi connectivity index (χ1) is 9.43. The molecule has 0 N–H and O–H groups in total. The molecular weight excluding hydrogens is 244 g/mol. The lowest BCUT2D eigenvalue weighted by Gasteiger charge is -2.20. The van der Waals surface area contributed by atoms with Crippen molar-refractivity contribution in [2.24, 2.45) is 11.8 Å². The average molecular weight is 278 g/mol. The minimum atomic E-state index is 0.319. The van der Waals surface area contributed by atoms with E-state index in [-0.39, 0.29) is 0 Å². The van der Waals surface area contributed by atoms with Crippen LogP contribution in [0.4, 0.5) is 0 Å². The van der Waals surface area contributed by atoms with Crippen molar-refractivity contribution in [2.45, 2.75) is 84.8 Å². The highest BCUT2D eigenvalue weighted by Crippen LogP contribution is 2.32. The van der Waals surface area contributed by atoms with E-state index in [1.165, 1.54) is 43.3 Å². The molecule has 4 atom stereocenters. The van der Waals surface area contributed by atoms with Crippen LogP contribution < -0.4 is 0 Å². The van der Waals surface area contributed by atoms with E-state index < -0.39 is 0 Å². The van der Waals surface area contributed by atoms with Crippen LogP contribution in [0.3, 0.4) is 0 Å². The van der Waals surface area contributed by atoms with Gasteiger partial charge in [-0.05, 0) is 56.4 Å². The molecule has 0 bridgehead atoms. The summed E-state index contributed by atoms with van der Waals surface area (Å²) >= 11 is 0. The van der Waals surface area contributed by atoms with Gasteiger partial charge in [0.2, 0.25) is 0 Å². The summed E-state index contributed by atoms with van der Waals surface area (Å²) in [5.74, 6) is 1.38. The molecule has 1 rings (SSSR count). The predicted molar refractivity (Wildman–Crippen MR) is 88.9 cm³/mol. The Balaban J connectivity index is 2.27. The minimum Gasteiger partial charge on any atom is -0.370 e. The Morgan fingerprint density at radius 1 is 1.35 bits per heavy atom. The van der Waals surface area contributed by atoms with Crippen LogP contribution >= 0.6 is 0 Å². The molecule has 1 fully saturated rings. The summed E-state index contributed by atoms with van der Waals surface area (Å²) in [6, 6.07) is 0. The highest BCUT2D eigenvalue weighted by molar-refractivity contribution is 5.09. The molecule has 1 aliphatic rings. The number of rotatable bonds is 9. The second-order valence-electron chi connectivity index (χ2n) is 6.92. The zero-order valence-corrected chi connectivity index (χ0v) is 14.1. The molecule has 0 radical (unpaired) electrons. The highest BCUT2D eigenvalue weighted by Gasteiger charge is 2.28. The summed E-state index contributed by atoms with van der Waals surface area (Å²) in [4.78, 5) is 0. The lowest BCUT2D eigenvalue weighted by Crippen LogP contribution is -2.13. The van der Waals surface area contributed by atoms with E-state index in [4.69, 9.17) is 4.74 Å². The van der Waals surface area contributed by atoms with Gasteiger partial charge in [0.1, 0.15) is 0 Å². The molecule has 1 aliphatic heterocycles. The summed E-state index contributed by atoms with van der Waals surface area (Å²) < 4.78 is 6.16. The van der Waals surface area contributed by atoms with Crippen molar-refractivity contribution in [1.29, 1.82) is 0 Å². The third-order valence-electron chi connectivity index (χ3n) is 4.70. The zero-order valence-electron chi connectivity index (χ0n) is 14.1. The van der Waals surface area contributed by atoms with E-state index in [0.29, 0.717) is 18.1 Å². The van der Waals surface area contributed by atoms with Gasteiger partial charge in [0, 0.05) is 0 Å². The molecule has 0 amide bonds. The maximum Gasteiger partial charge on any atom is 0.0787 e. The van der Waals surface area contributed by atoms with Gasteiger partial charge in [0.05, 0.1) is 12.2 Å². The fraction of sp³-hybridized carbons (Fsp3) is 0.789. The van der Waals surface area contributed by atoms with Crippen LogP contribution in [-0.4, -0.2) is 12.2 Å². The summed E-state index contributed by atoms with van der Waals surface area (Å²) in [7, 11) is 0. The molecule has 0 aromatic carbocycles. The maximum absolute atomic E-state index is 6.16. The van der Waals surface area contributed by atoms with E-state index in [9.17, 15) is 0 Å². The van der Waals surface area contributed by atoms with Gasteiger partial charge in [0.25, 0.3) is 0 Å². The Kier molecular flexibility index (Phi) is 7.58. The Bertz CT molecular complexity index is 318. The number of ether oxygens (including phenoxy) is 1. The quantitative estimate of drug-likeness (QED) is 0.476. The maximum atomic E-state index is 6.16. The molecule has 0 saturated carbocycles. The first-order valence-corrected chi connectivity index (χ1v) is 8.42. The predicted octanol–water partition coefficient (Wildman–Crippen LogP) is 5.91. The average Bonchev–Trinajstić information content (AvgIpc) is 2.74. The number of unbranched alkanes of at least 4 members (excludes halogenated alkanes) is 1. The molecule has 1 saturated heterocycles. The number of hydrogen-bond acceptors (Lipinski definition) is 1. The van der Waals surface area contributed by atoms with E-state index in [0.717, 1.165) is 18.8 Å². The van der Waals surface area contributed by atoms with Gasteiger partial charge >= 0.3 is 0 Å². The molecule has 20 heavy (non-hydrogen) atoms. The van der Waals surface area contributed by atoms with Crippen molar-refractivity contribution in [3.63, 3.8) is 0 Å². The van der Waals surface area contributed by atoms with Crippen LogP contribution in [-0.2, 0) is 4.74 Å². The summed E-state index contributed by atoms with van der Waals surface area (Å²) in [5, 5.41) is 0. The van der Waals surface area contributed by atoms with Gasteiger partial charge in [-0.2, -0.15) is 0 Å². The van der Waals surface area contributed by atoms with Crippen molar-refractivity contribution in [3.05, 3.63) is 24.3 Å². The van der Waals surface area contributed by atoms with Gasteiger partial charge in [-0.3, -0.25) is 0 Å². The van der Waals surface area contributed by atoms with Crippen molar-refractivity contribution in [3.8, 4) is 0 Å². The van der Waals surface area contributed by atoms with Crippen LogP contribution in [0.1, 0.15) is 72.6 Å². The van der Waals surface area contributed by atoms with Gasteiger partial charge in [-0.15, -0.1) is 0 Å². The minimum absolute atomic E-state index is 0.319. The molecule has 0 aromatic heterocycles. The molecule has 1 nitrogen and oxygen atoms in total. The third-order valence-corrected chi connectivity index (χ3v) is 4.70. The van der Waals surface area contributed by atoms with Crippen molar-refractivity contribution >= 4 is 0 Å². The van der Waals surface area contributed by atoms with E-state index >= 15 is 0 Å². The second-order valence-corrected chi connectivity index (χ2v) is 6.92. The number of allylic oxidation sites excluding steroid dienone is 1. The Morgan fingerprint density at radius 3 is 2.65 bits per heavy atom. The van der Waals surface area contributed by atoms with Gasteiger partial charge in [-0.25, -0.2) is 0 Å². The van der Waals surface area contributed by atoms with Crippen LogP contribution in [0.5, 0.6) is 0 Å². The standard InChI is InChI=1S/C19H34O/c1-7-8-9-18-13-17(6)19(20-18)11-10-15(4)12-16(5)14(2)3/h15-16,18-19H,2,6-13H2,1,3-5H3/t15-,16-,18+,19?/m1/s1. The van der Waals surface area contributed by atoms with Crippen molar-refractivity contribution in [2.75, 3.05) is 0 Å². The topological polar surface area (TPSA) is 9.23 Å². The van der Waals surface area contributed by atoms with Crippen molar-refractivity contribution < 1.29 is 4.74 Å². The lowest BCUT2D eigenvalue weighted by atomic mass is 9.88. The molecular formula is C19H34O. The smallest absolute Gasteiger partial charge is 0.0787 e. The molecule has 1 unspecified atom stereocenters. The third kappa shape index (κ3) is 5.83. The largest absolute Gasteiger partial charge is 0.370 e. The van der Waals surface area contributed by atoms with Crippen molar-refractivity contribution in [1.82, 2.24) is 0 Å². The fourth-order valence-corrected chi connectivity index (χ4v) is 3.03. The van der Waals surface area contributed by atoms with Crippen LogP contribution in [0.25, 0.3) is 0 Å². The highest BCUT2D eigenvalue weighted by atomic mass is 16.5. The Hall–Kier alpha value is -0.560. The number of hydrogen-bond donors (Lipinski definition) is 0. The van der Waals surface area contributed by atoms with Gasteiger partial charge < -0.3 is 4.74 Å². The Morgan fingerprint density at radius 2 is 2.05 bits per heavy atom. The summed E-state index contributed by atoms with van der Waals surface area (Å²) in [6.07, 6.45) is 9.21. The molecule has 116 valence electrons. The van der Waals surface area contributed by atoms with E-state index in [1.54, 1.807) is 0 Å². The lowest BCUT2D eigenvalue weighted by molar-refractivity contribution is 0.0389. The normalized spacial score (nSPS) is 25.7.